The van der Waals surface area contributed by atoms with Crippen molar-refractivity contribution in [2.24, 2.45) is 11.7 Å². The lowest BCUT2D eigenvalue weighted by atomic mass is 9.91. The normalized spacial score (nSPS) is 21.7. The van der Waals surface area contributed by atoms with Crippen LogP contribution in [0, 0.1) is 12.8 Å². The molecule has 1 saturated carbocycles. The van der Waals surface area contributed by atoms with Crippen LogP contribution in [0.2, 0.25) is 0 Å². The van der Waals surface area contributed by atoms with Gasteiger partial charge in [0.25, 0.3) is 0 Å². The maximum Gasteiger partial charge on any atom is 0.223 e. The van der Waals surface area contributed by atoms with Gasteiger partial charge in [0, 0.05) is 17.5 Å². The number of benzene rings is 1. The van der Waals surface area contributed by atoms with E-state index in [2.05, 4.69) is 44.3 Å². The van der Waals surface area contributed by atoms with Crippen molar-refractivity contribution in [2.45, 2.75) is 58.0 Å². The molecule has 1 aromatic carbocycles. The van der Waals surface area contributed by atoms with Crippen LogP contribution in [0.3, 0.4) is 0 Å². The Morgan fingerprint density at radius 1 is 1.33 bits per heavy atom. The minimum atomic E-state index is -0.226. The highest BCUT2D eigenvalue weighted by Gasteiger charge is 2.31. The van der Waals surface area contributed by atoms with Crippen LogP contribution in [-0.4, -0.2) is 17.5 Å². The van der Waals surface area contributed by atoms with Gasteiger partial charge < -0.3 is 11.1 Å². The largest absolute Gasteiger partial charge is 0.351 e. The molecule has 0 heterocycles. The molecule has 0 aliphatic heterocycles. The fraction of sp³-hybridized carbons (Fsp3) is 0.588. The summed E-state index contributed by atoms with van der Waals surface area (Å²) in [7, 11) is 0. The second-order valence-corrected chi connectivity index (χ2v) is 6.75. The molecule has 1 amide bonds. The van der Waals surface area contributed by atoms with E-state index in [0.29, 0.717) is 0 Å². The standard InChI is InChI=1S/C17H26N2O.ClH/c1-12-6-4-5-7-14(12)11-17(2,3)19-16(20)13-8-9-15(18)10-13;/h4-7,13,15H,8-11,18H2,1-3H3,(H,19,20);1H. The molecule has 0 aromatic heterocycles. The van der Waals surface area contributed by atoms with Gasteiger partial charge in [0.15, 0.2) is 0 Å². The smallest absolute Gasteiger partial charge is 0.223 e. The molecule has 0 saturated heterocycles. The SMILES string of the molecule is Cc1ccccc1CC(C)(C)NC(=O)C1CCC(N)C1.Cl. The van der Waals surface area contributed by atoms with Crippen molar-refractivity contribution in [3.8, 4) is 0 Å². The monoisotopic (exact) mass is 310 g/mol. The predicted octanol–water partition coefficient (Wildman–Crippen LogP) is 2.98. The Morgan fingerprint density at radius 2 is 2.00 bits per heavy atom. The van der Waals surface area contributed by atoms with Crippen LogP contribution < -0.4 is 11.1 Å². The lowest BCUT2D eigenvalue weighted by molar-refractivity contribution is -0.126. The Bertz CT molecular complexity index is 487. The third-order valence-corrected chi connectivity index (χ3v) is 4.20. The molecule has 0 radical (unpaired) electrons. The van der Waals surface area contributed by atoms with Gasteiger partial charge in [-0.1, -0.05) is 24.3 Å². The summed E-state index contributed by atoms with van der Waals surface area (Å²) in [6.07, 6.45) is 3.57. The minimum absolute atomic E-state index is 0. The fourth-order valence-electron chi connectivity index (χ4n) is 3.02. The van der Waals surface area contributed by atoms with Gasteiger partial charge >= 0.3 is 0 Å². The molecule has 3 N–H and O–H groups in total. The Labute approximate surface area is 134 Å². The van der Waals surface area contributed by atoms with Crippen molar-refractivity contribution in [1.82, 2.24) is 5.32 Å². The third-order valence-electron chi connectivity index (χ3n) is 4.20. The summed E-state index contributed by atoms with van der Waals surface area (Å²) in [5.74, 6) is 0.262. The second-order valence-electron chi connectivity index (χ2n) is 6.75. The number of hydrogen-bond acceptors (Lipinski definition) is 2. The Kier molecular flexibility index (Phi) is 6.24. The molecule has 1 aromatic rings. The van der Waals surface area contributed by atoms with Crippen LogP contribution in [0.25, 0.3) is 0 Å². The topological polar surface area (TPSA) is 55.1 Å². The van der Waals surface area contributed by atoms with Crippen molar-refractivity contribution < 1.29 is 4.79 Å². The summed E-state index contributed by atoms with van der Waals surface area (Å²) in [5.41, 5.74) is 8.23. The van der Waals surface area contributed by atoms with Crippen LogP contribution in [0.15, 0.2) is 24.3 Å². The predicted molar refractivity (Wildman–Crippen MR) is 89.7 cm³/mol. The van der Waals surface area contributed by atoms with Gasteiger partial charge in [0.05, 0.1) is 0 Å². The zero-order valence-corrected chi connectivity index (χ0v) is 14.0. The van der Waals surface area contributed by atoms with E-state index in [1.54, 1.807) is 0 Å². The summed E-state index contributed by atoms with van der Waals surface area (Å²) in [6.45, 7) is 6.29. The first-order valence-electron chi connectivity index (χ1n) is 7.49. The molecule has 3 nitrogen and oxygen atoms in total. The summed E-state index contributed by atoms with van der Waals surface area (Å²) < 4.78 is 0. The molecule has 0 bridgehead atoms. The van der Waals surface area contributed by atoms with Gasteiger partial charge in [-0.3, -0.25) is 4.79 Å². The van der Waals surface area contributed by atoms with E-state index in [4.69, 9.17) is 5.73 Å². The highest BCUT2D eigenvalue weighted by Crippen LogP contribution is 2.25. The molecule has 1 aliphatic carbocycles. The molecule has 2 atom stereocenters. The number of amides is 1. The maximum atomic E-state index is 12.3. The maximum absolute atomic E-state index is 12.3. The first-order valence-corrected chi connectivity index (χ1v) is 7.49. The van der Waals surface area contributed by atoms with Crippen molar-refractivity contribution in [3.05, 3.63) is 35.4 Å². The number of carbonyl (C=O) groups is 1. The molecule has 2 unspecified atom stereocenters. The number of nitrogens with one attached hydrogen (secondary N) is 1. The molecule has 2 rings (SSSR count). The number of halogens is 1. The van der Waals surface area contributed by atoms with E-state index >= 15 is 0 Å². The third kappa shape index (κ3) is 5.01. The molecular formula is C17H27ClN2O. The van der Waals surface area contributed by atoms with Gasteiger partial charge in [-0.25, -0.2) is 0 Å². The van der Waals surface area contributed by atoms with E-state index in [-0.39, 0.29) is 35.8 Å². The zero-order chi connectivity index (χ0) is 14.8. The quantitative estimate of drug-likeness (QED) is 0.898. The van der Waals surface area contributed by atoms with Crippen LogP contribution in [-0.2, 0) is 11.2 Å². The summed E-state index contributed by atoms with van der Waals surface area (Å²) in [6, 6.07) is 8.55. The number of hydrogen-bond donors (Lipinski definition) is 2. The van der Waals surface area contributed by atoms with E-state index < -0.39 is 0 Å². The Hall–Kier alpha value is -1.06. The molecule has 4 heteroatoms. The number of aryl methyl sites for hydroxylation is 1. The van der Waals surface area contributed by atoms with Gasteiger partial charge in [-0.2, -0.15) is 0 Å². The van der Waals surface area contributed by atoms with Gasteiger partial charge in [-0.05, 0) is 57.6 Å². The molecule has 21 heavy (non-hydrogen) atoms. The Balaban J connectivity index is 0.00000220. The molecular weight excluding hydrogens is 284 g/mol. The fourth-order valence-corrected chi connectivity index (χ4v) is 3.02. The van der Waals surface area contributed by atoms with Gasteiger partial charge in [0.2, 0.25) is 5.91 Å². The summed E-state index contributed by atoms with van der Waals surface area (Å²) in [4.78, 5) is 12.3. The first-order chi connectivity index (χ1) is 9.37. The molecule has 1 fully saturated rings. The molecule has 0 spiro atoms. The van der Waals surface area contributed by atoms with Crippen molar-refractivity contribution in [1.29, 1.82) is 0 Å². The van der Waals surface area contributed by atoms with Crippen LogP contribution >= 0.6 is 12.4 Å². The lowest BCUT2D eigenvalue weighted by Gasteiger charge is -2.28. The second kappa shape index (κ2) is 7.28. The van der Waals surface area contributed by atoms with E-state index in [1.807, 2.05) is 6.07 Å². The number of nitrogens with two attached hydrogens (primary N) is 1. The lowest BCUT2D eigenvalue weighted by Crippen LogP contribution is -2.47. The van der Waals surface area contributed by atoms with E-state index in [9.17, 15) is 4.79 Å². The van der Waals surface area contributed by atoms with Crippen molar-refractivity contribution in [3.63, 3.8) is 0 Å². The molecule has 118 valence electrons. The molecule has 1 aliphatic rings. The average molecular weight is 311 g/mol. The first kappa shape index (κ1) is 18.0. The summed E-state index contributed by atoms with van der Waals surface area (Å²) in [5, 5.41) is 3.20. The highest BCUT2D eigenvalue weighted by atomic mass is 35.5. The highest BCUT2D eigenvalue weighted by molar-refractivity contribution is 5.85. The van der Waals surface area contributed by atoms with E-state index in [1.165, 1.54) is 11.1 Å². The van der Waals surface area contributed by atoms with Crippen LogP contribution in [0.5, 0.6) is 0 Å². The van der Waals surface area contributed by atoms with E-state index in [0.717, 1.165) is 25.7 Å². The number of rotatable bonds is 4. The van der Waals surface area contributed by atoms with Crippen molar-refractivity contribution >= 4 is 18.3 Å². The zero-order valence-electron chi connectivity index (χ0n) is 13.2. The summed E-state index contributed by atoms with van der Waals surface area (Å²) >= 11 is 0. The average Bonchev–Trinajstić information content (AvgIpc) is 2.78. The number of carbonyl (C=O) groups excluding carboxylic acids is 1. The van der Waals surface area contributed by atoms with Gasteiger partial charge in [-0.15, -0.1) is 12.4 Å². The van der Waals surface area contributed by atoms with Crippen LogP contribution in [0.4, 0.5) is 0 Å². The van der Waals surface area contributed by atoms with Gasteiger partial charge in [0.1, 0.15) is 0 Å². The van der Waals surface area contributed by atoms with Crippen LogP contribution in [0.1, 0.15) is 44.2 Å². The Morgan fingerprint density at radius 3 is 2.57 bits per heavy atom. The van der Waals surface area contributed by atoms with Crippen molar-refractivity contribution in [2.75, 3.05) is 0 Å². The minimum Gasteiger partial charge on any atom is -0.351 e.